The van der Waals surface area contributed by atoms with Gasteiger partial charge in [0.2, 0.25) is 5.91 Å². The van der Waals surface area contributed by atoms with Gasteiger partial charge in [-0.25, -0.2) is 4.98 Å². The lowest BCUT2D eigenvalue weighted by Gasteiger charge is -2.25. The van der Waals surface area contributed by atoms with Crippen molar-refractivity contribution >= 4 is 17.2 Å². The van der Waals surface area contributed by atoms with Crippen LogP contribution in [0, 0.1) is 12.8 Å². The number of carbonyl (C=O) groups excluding carboxylic acids is 1. The molecule has 2 fully saturated rings. The summed E-state index contributed by atoms with van der Waals surface area (Å²) >= 11 is 1.60. The molecule has 168 valence electrons. The molecule has 6 heteroatoms. The summed E-state index contributed by atoms with van der Waals surface area (Å²) in [6, 6.07) is 9.82. The average molecular weight is 443 g/mol. The Hall–Kier alpha value is -1.92. The molecule has 1 saturated carbocycles. The minimum atomic E-state index is -0.934. The number of aliphatic hydroxyl groups is 1. The third-order valence-electron chi connectivity index (χ3n) is 6.74. The van der Waals surface area contributed by atoms with E-state index in [1.54, 1.807) is 11.3 Å². The molecule has 4 rings (SSSR count). The van der Waals surface area contributed by atoms with E-state index in [0.717, 1.165) is 40.7 Å². The standard InChI is InChI=1S/C25H34N2O3S/c1-19-22(12-17-30-21-10-3-2-4-11-21)31-24(26-19)25(29)13-7-15-27(16-14-25)23(28)18-20-8-5-6-9-20/h2-4,10-11,20,29H,5-9,12-18H2,1H3. The summed E-state index contributed by atoms with van der Waals surface area (Å²) in [5, 5.41) is 12.2. The van der Waals surface area contributed by atoms with Crippen molar-refractivity contribution in [3.05, 3.63) is 45.9 Å². The van der Waals surface area contributed by atoms with E-state index in [0.29, 0.717) is 38.3 Å². The summed E-state index contributed by atoms with van der Waals surface area (Å²) in [5.41, 5.74) is 0.0413. The van der Waals surface area contributed by atoms with E-state index in [1.165, 1.54) is 25.7 Å². The van der Waals surface area contributed by atoms with Gasteiger partial charge in [-0.3, -0.25) is 4.79 Å². The number of para-hydroxylation sites is 1. The Balaban J connectivity index is 1.34. The molecule has 0 radical (unpaired) electrons. The van der Waals surface area contributed by atoms with Gasteiger partial charge in [-0.05, 0) is 50.7 Å². The number of nitrogens with zero attached hydrogens (tertiary/aromatic N) is 2. The number of amides is 1. The van der Waals surface area contributed by atoms with Crippen LogP contribution in [0.4, 0.5) is 0 Å². The van der Waals surface area contributed by atoms with Gasteiger partial charge in [-0.1, -0.05) is 31.0 Å². The predicted molar refractivity (Wildman–Crippen MR) is 123 cm³/mol. The van der Waals surface area contributed by atoms with Gasteiger partial charge in [-0.15, -0.1) is 11.3 Å². The fourth-order valence-electron chi connectivity index (χ4n) is 4.81. The summed E-state index contributed by atoms with van der Waals surface area (Å²) in [6.07, 6.45) is 8.42. The summed E-state index contributed by atoms with van der Waals surface area (Å²) in [6.45, 7) is 3.97. The molecule has 1 aliphatic carbocycles. The zero-order valence-electron chi connectivity index (χ0n) is 18.5. The van der Waals surface area contributed by atoms with Crippen LogP contribution in [0.3, 0.4) is 0 Å². The number of thiazole rings is 1. The Morgan fingerprint density at radius 2 is 1.97 bits per heavy atom. The number of benzene rings is 1. The third kappa shape index (κ3) is 5.66. The number of carbonyl (C=O) groups is 1. The van der Waals surface area contributed by atoms with Gasteiger partial charge in [0, 0.05) is 37.2 Å². The zero-order chi connectivity index (χ0) is 21.7. The second-order valence-electron chi connectivity index (χ2n) is 9.06. The van der Waals surface area contributed by atoms with Crippen LogP contribution in [-0.2, 0) is 16.8 Å². The molecule has 2 aromatic rings. The fraction of sp³-hybridized carbons (Fsp3) is 0.600. The summed E-state index contributed by atoms with van der Waals surface area (Å²) in [7, 11) is 0. The van der Waals surface area contributed by atoms with E-state index in [9.17, 15) is 9.90 Å². The van der Waals surface area contributed by atoms with Crippen molar-refractivity contribution in [2.75, 3.05) is 19.7 Å². The second-order valence-corrected chi connectivity index (χ2v) is 10.1. The number of aromatic nitrogens is 1. The summed E-state index contributed by atoms with van der Waals surface area (Å²) in [4.78, 5) is 20.6. The first-order valence-electron chi connectivity index (χ1n) is 11.7. The molecule has 1 unspecified atom stereocenters. The van der Waals surface area contributed by atoms with Crippen LogP contribution in [0.5, 0.6) is 5.75 Å². The van der Waals surface area contributed by atoms with E-state index < -0.39 is 5.60 Å². The highest BCUT2D eigenvalue weighted by molar-refractivity contribution is 7.11. The largest absolute Gasteiger partial charge is 0.493 e. The quantitative estimate of drug-likeness (QED) is 0.666. The Morgan fingerprint density at radius 1 is 1.19 bits per heavy atom. The summed E-state index contributed by atoms with van der Waals surface area (Å²) in [5.74, 6) is 1.71. The first kappa shape index (κ1) is 22.3. The molecular weight excluding hydrogens is 408 g/mol. The first-order valence-corrected chi connectivity index (χ1v) is 12.5. The molecule has 1 amide bonds. The average Bonchev–Trinajstić information content (AvgIpc) is 3.36. The van der Waals surface area contributed by atoms with Crippen molar-refractivity contribution in [3.63, 3.8) is 0 Å². The monoisotopic (exact) mass is 442 g/mol. The van der Waals surface area contributed by atoms with Gasteiger partial charge in [0.25, 0.3) is 0 Å². The molecule has 1 saturated heterocycles. The lowest BCUT2D eigenvalue weighted by atomic mass is 9.96. The maximum Gasteiger partial charge on any atom is 0.222 e. The zero-order valence-corrected chi connectivity index (χ0v) is 19.3. The first-order chi connectivity index (χ1) is 15.0. The molecule has 0 spiro atoms. The van der Waals surface area contributed by atoms with E-state index in [1.807, 2.05) is 42.2 Å². The van der Waals surface area contributed by atoms with Crippen molar-refractivity contribution < 1.29 is 14.6 Å². The molecule has 1 aliphatic heterocycles. The molecule has 0 bridgehead atoms. The van der Waals surface area contributed by atoms with Crippen LogP contribution in [0.1, 0.15) is 66.9 Å². The summed E-state index contributed by atoms with van der Waals surface area (Å²) < 4.78 is 5.83. The van der Waals surface area contributed by atoms with E-state index in [2.05, 4.69) is 0 Å². The Kier molecular flexibility index (Phi) is 7.28. The van der Waals surface area contributed by atoms with Crippen molar-refractivity contribution in [1.29, 1.82) is 0 Å². The Bertz CT molecular complexity index is 863. The molecule has 2 aliphatic rings. The van der Waals surface area contributed by atoms with Crippen LogP contribution in [0.25, 0.3) is 0 Å². The third-order valence-corrected chi connectivity index (χ3v) is 8.15. The van der Waals surface area contributed by atoms with E-state index >= 15 is 0 Å². The topological polar surface area (TPSA) is 62.7 Å². The van der Waals surface area contributed by atoms with Crippen LogP contribution >= 0.6 is 11.3 Å². The van der Waals surface area contributed by atoms with E-state index in [4.69, 9.17) is 9.72 Å². The molecule has 5 nitrogen and oxygen atoms in total. The molecule has 1 N–H and O–H groups in total. The fourth-order valence-corrected chi connectivity index (χ4v) is 6.00. The van der Waals surface area contributed by atoms with Crippen molar-refractivity contribution in [3.8, 4) is 5.75 Å². The van der Waals surface area contributed by atoms with Gasteiger partial charge in [0.15, 0.2) is 0 Å². The minimum Gasteiger partial charge on any atom is -0.493 e. The maximum absolute atomic E-state index is 12.8. The van der Waals surface area contributed by atoms with Crippen molar-refractivity contribution in [2.45, 2.75) is 70.3 Å². The van der Waals surface area contributed by atoms with Gasteiger partial charge in [0.1, 0.15) is 16.4 Å². The van der Waals surface area contributed by atoms with Crippen LogP contribution in [0.15, 0.2) is 30.3 Å². The van der Waals surface area contributed by atoms with E-state index in [-0.39, 0.29) is 5.91 Å². The number of ether oxygens (including phenoxy) is 1. The smallest absolute Gasteiger partial charge is 0.222 e. The van der Waals surface area contributed by atoms with Crippen LogP contribution in [0.2, 0.25) is 0 Å². The van der Waals surface area contributed by atoms with Crippen molar-refractivity contribution in [2.24, 2.45) is 5.92 Å². The minimum absolute atomic E-state index is 0.269. The normalized spacial score (nSPS) is 22.5. The van der Waals surface area contributed by atoms with Crippen molar-refractivity contribution in [1.82, 2.24) is 9.88 Å². The molecule has 2 heterocycles. The lowest BCUT2D eigenvalue weighted by Crippen LogP contribution is -2.34. The molecule has 1 atom stereocenters. The van der Waals surface area contributed by atoms with Crippen LogP contribution < -0.4 is 4.74 Å². The second kappa shape index (κ2) is 10.1. The Morgan fingerprint density at radius 3 is 2.74 bits per heavy atom. The van der Waals surface area contributed by atoms with Gasteiger partial charge >= 0.3 is 0 Å². The van der Waals surface area contributed by atoms with Gasteiger partial charge in [0.05, 0.1) is 12.3 Å². The SMILES string of the molecule is Cc1nc(C2(O)CCCN(C(=O)CC3CCCC3)CC2)sc1CCOc1ccccc1. The van der Waals surface area contributed by atoms with Gasteiger partial charge in [-0.2, -0.15) is 0 Å². The maximum atomic E-state index is 12.8. The highest BCUT2D eigenvalue weighted by atomic mass is 32.1. The lowest BCUT2D eigenvalue weighted by molar-refractivity contribution is -0.132. The van der Waals surface area contributed by atoms with Crippen LogP contribution in [-0.4, -0.2) is 40.6 Å². The van der Waals surface area contributed by atoms with Gasteiger partial charge < -0.3 is 14.7 Å². The molecule has 1 aromatic carbocycles. The number of hydrogen-bond donors (Lipinski definition) is 1. The number of aryl methyl sites for hydroxylation is 1. The highest BCUT2D eigenvalue weighted by Crippen LogP contribution is 2.37. The highest BCUT2D eigenvalue weighted by Gasteiger charge is 2.36. The molecule has 31 heavy (non-hydrogen) atoms. The number of hydrogen-bond acceptors (Lipinski definition) is 5. The molecular formula is C25H34N2O3S. The number of likely N-dealkylation sites (tertiary alicyclic amines) is 1. The Labute approximate surface area is 189 Å². The predicted octanol–water partition coefficient (Wildman–Crippen LogP) is 4.85. The number of rotatable bonds is 7. The molecule has 1 aromatic heterocycles.